The Balaban J connectivity index is 1.26. The van der Waals surface area contributed by atoms with Gasteiger partial charge >= 0.3 is 5.97 Å². The lowest BCUT2D eigenvalue weighted by Gasteiger charge is -2.33. The summed E-state index contributed by atoms with van der Waals surface area (Å²) in [5, 5.41) is 18.3. The number of piperidine rings is 1. The number of carbonyl (C=O) groups excluding carboxylic acids is 3. The summed E-state index contributed by atoms with van der Waals surface area (Å²) in [5.41, 5.74) is 9.73. The van der Waals surface area contributed by atoms with Gasteiger partial charge in [0.2, 0.25) is 17.7 Å². The Bertz CT molecular complexity index is 1950. The first-order valence-corrected chi connectivity index (χ1v) is 16.5. The summed E-state index contributed by atoms with van der Waals surface area (Å²) in [4.78, 5) is 62.2. The summed E-state index contributed by atoms with van der Waals surface area (Å²) >= 11 is 0. The summed E-state index contributed by atoms with van der Waals surface area (Å²) < 4.78 is 0. The predicted molar refractivity (Wildman–Crippen MR) is 186 cm³/mol. The molecule has 3 amide bonds. The Kier molecular flexibility index (Phi) is 10.3. The molecule has 6 rings (SSSR count). The minimum atomic E-state index is -1.04. The third-order valence-electron chi connectivity index (χ3n) is 9.30. The Morgan fingerprint density at radius 2 is 1.51 bits per heavy atom. The molecule has 2 aromatic heterocycles. The number of nitrogens with two attached hydrogens (primary N) is 1. The molecular weight excluding hydrogens is 620 g/mol. The minimum Gasteiger partial charge on any atom is -0.481 e. The maximum atomic E-state index is 14.2. The third-order valence-corrected chi connectivity index (χ3v) is 9.30. The van der Waals surface area contributed by atoms with Crippen LogP contribution >= 0.6 is 0 Å². The number of likely N-dealkylation sites (tertiary alicyclic amines) is 1. The van der Waals surface area contributed by atoms with Gasteiger partial charge in [0.05, 0.1) is 12.0 Å². The van der Waals surface area contributed by atoms with Crippen molar-refractivity contribution in [3.63, 3.8) is 0 Å². The van der Waals surface area contributed by atoms with E-state index in [1.165, 1.54) is 0 Å². The normalized spacial score (nSPS) is 15.4. The molecular formula is C38H40N6O5. The second kappa shape index (κ2) is 15.1. The van der Waals surface area contributed by atoms with Crippen LogP contribution in [0.3, 0.4) is 0 Å². The smallest absolute Gasteiger partial charge is 0.306 e. The summed E-state index contributed by atoms with van der Waals surface area (Å²) in [6, 6.07) is 22.2. The first-order chi connectivity index (χ1) is 23.7. The number of hydrogen-bond acceptors (Lipinski definition) is 6. The fraction of sp³-hybridized carbons (Fsp3) is 0.289. The van der Waals surface area contributed by atoms with Gasteiger partial charge in [0, 0.05) is 55.4 Å². The van der Waals surface area contributed by atoms with Crippen LogP contribution in [-0.4, -0.2) is 74.9 Å². The lowest BCUT2D eigenvalue weighted by molar-refractivity contribution is -0.146. The number of rotatable bonds is 12. The van der Waals surface area contributed by atoms with Crippen LogP contribution < -0.4 is 16.4 Å². The Hall–Kier alpha value is -5.55. The van der Waals surface area contributed by atoms with Gasteiger partial charge in [-0.1, -0.05) is 60.7 Å². The standard InChI is InChI=1S/C38H40N6O5/c39-31(20-24-11-15-40-16-12-24)35(45)42-33(22-29-23-41-32-8-4-3-7-30(29)32)36(46)43-34(37(47)44-17-13-27(14-18-44)38(48)49)21-25-9-10-26-5-1-2-6-28(26)19-25/h1-12,15-16,19,23,27,31,33-34,41H,13-14,17-18,20-22,39H2,(H,42,45)(H,43,46)(H,48,49)/t31-,33+,34+/m0/s1. The van der Waals surface area contributed by atoms with Gasteiger partial charge in [-0.15, -0.1) is 0 Å². The molecule has 3 atom stereocenters. The van der Waals surface area contributed by atoms with Gasteiger partial charge in [-0.05, 0) is 64.9 Å². The summed E-state index contributed by atoms with van der Waals surface area (Å²) in [5.74, 6) is -2.69. The van der Waals surface area contributed by atoms with Crippen LogP contribution in [0.4, 0.5) is 0 Å². The molecule has 0 saturated carbocycles. The maximum absolute atomic E-state index is 14.2. The topological polar surface area (TPSA) is 171 Å². The predicted octanol–water partition coefficient (Wildman–Crippen LogP) is 3.36. The number of nitrogens with one attached hydrogen (secondary N) is 3. The van der Waals surface area contributed by atoms with Gasteiger partial charge in [-0.3, -0.25) is 24.2 Å². The van der Waals surface area contributed by atoms with Crippen molar-refractivity contribution in [1.29, 1.82) is 0 Å². The van der Waals surface area contributed by atoms with Crippen molar-refractivity contribution in [1.82, 2.24) is 25.5 Å². The van der Waals surface area contributed by atoms with Crippen molar-refractivity contribution in [3.05, 3.63) is 114 Å². The molecule has 6 N–H and O–H groups in total. The molecule has 1 aliphatic heterocycles. The zero-order valence-corrected chi connectivity index (χ0v) is 27.0. The molecule has 5 aromatic rings. The van der Waals surface area contributed by atoms with Gasteiger partial charge in [0.1, 0.15) is 12.1 Å². The largest absolute Gasteiger partial charge is 0.481 e. The fourth-order valence-corrected chi connectivity index (χ4v) is 6.52. The van der Waals surface area contributed by atoms with Crippen LogP contribution in [0.2, 0.25) is 0 Å². The van der Waals surface area contributed by atoms with Gasteiger partial charge in [0.15, 0.2) is 0 Å². The van der Waals surface area contributed by atoms with E-state index in [-0.39, 0.29) is 38.3 Å². The molecule has 252 valence electrons. The second-order valence-corrected chi connectivity index (χ2v) is 12.7. The third kappa shape index (κ3) is 8.13. The zero-order valence-electron chi connectivity index (χ0n) is 27.0. The number of H-pyrrole nitrogens is 1. The highest BCUT2D eigenvalue weighted by atomic mass is 16.4. The highest BCUT2D eigenvalue weighted by molar-refractivity contribution is 5.94. The number of benzene rings is 3. The molecule has 3 heterocycles. The number of fused-ring (bicyclic) bond motifs is 2. The number of pyridine rings is 1. The average molecular weight is 661 g/mol. The Morgan fingerprint density at radius 1 is 0.816 bits per heavy atom. The van der Waals surface area contributed by atoms with E-state index < -0.39 is 41.8 Å². The Morgan fingerprint density at radius 3 is 2.27 bits per heavy atom. The highest BCUT2D eigenvalue weighted by Crippen LogP contribution is 2.22. The SMILES string of the molecule is N[C@@H](Cc1ccncc1)C(=O)N[C@H](Cc1c[nH]c2ccccc12)C(=O)N[C@H](Cc1ccc2ccccc2c1)C(=O)N1CCC(C(=O)O)CC1. The zero-order chi connectivity index (χ0) is 34.3. The van der Waals surface area contributed by atoms with Gasteiger partial charge in [-0.2, -0.15) is 0 Å². The van der Waals surface area contributed by atoms with Crippen molar-refractivity contribution in [3.8, 4) is 0 Å². The molecule has 1 aliphatic rings. The van der Waals surface area contributed by atoms with Crippen LogP contribution in [0.25, 0.3) is 21.7 Å². The summed E-state index contributed by atoms with van der Waals surface area (Å²) in [6.45, 7) is 0.554. The number of hydrogen-bond donors (Lipinski definition) is 5. The van der Waals surface area contributed by atoms with E-state index in [0.717, 1.165) is 38.4 Å². The summed E-state index contributed by atoms with van der Waals surface area (Å²) in [6.07, 6.45) is 6.38. The van der Waals surface area contributed by atoms with Crippen molar-refractivity contribution in [2.75, 3.05) is 13.1 Å². The van der Waals surface area contributed by atoms with E-state index >= 15 is 0 Å². The van der Waals surface area contributed by atoms with Crippen molar-refractivity contribution >= 4 is 45.4 Å². The van der Waals surface area contributed by atoms with Crippen LogP contribution in [0.15, 0.2) is 97.5 Å². The summed E-state index contributed by atoms with van der Waals surface area (Å²) in [7, 11) is 0. The number of carboxylic acid groups (broad SMARTS) is 1. The van der Waals surface area contributed by atoms with Crippen LogP contribution in [0.1, 0.15) is 29.5 Å². The number of amides is 3. The second-order valence-electron chi connectivity index (χ2n) is 12.7. The van der Waals surface area contributed by atoms with Crippen LogP contribution in [0, 0.1) is 5.92 Å². The van der Waals surface area contributed by atoms with Gasteiger partial charge < -0.3 is 31.4 Å². The molecule has 1 fully saturated rings. The van der Waals surface area contributed by atoms with E-state index in [1.54, 1.807) is 29.4 Å². The molecule has 0 radical (unpaired) electrons. The molecule has 11 nitrogen and oxygen atoms in total. The first kappa shape index (κ1) is 33.4. The molecule has 1 saturated heterocycles. The van der Waals surface area contributed by atoms with Crippen molar-refractivity contribution < 1.29 is 24.3 Å². The highest BCUT2D eigenvalue weighted by Gasteiger charge is 2.34. The molecule has 11 heteroatoms. The van der Waals surface area contributed by atoms with E-state index in [9.17, 15) is 24.3 Å². The number of nitrogens with zero attached hydrogens (tertiary/aromatic N) is 2. The molecule has 3 aromatic carbocycles. The molecule has 49 heavy (non-hydrogen) atoms. The number of carboxylic acids is 1. The van der Waals surface area contributed by atoms with Crippen LogP contribution in [-0.2, 0) is 38.4 Å². The lowest BCUT2D eigenvalue weighted by atomic mass is 9.95. The number of aliphatic carboxylic acids is 1. The molecule has 0 unspecified atom stereocenters. The molecule has 0 spiro atoms. The lowest BCUT2D eigenvalue weighted by Crippen LogP contribution is -2.58. The maximum Gasteiger partial charge on any atom is 0.306 e. The van der Waals surface area contributed by atoms with E-state index in [1.807, 2.05) is 72.9 Å². The van der Waals surface area contributed by atoms with Crippen molar-refractivity contribution in [2.24, 2.45) is 11.7 Å². The number of para-hydroxylation sites is 1. The van der Waals surface area contributed by atoms with Crippen LogP contribution in [0.5, 0.6) is 0 Å². The average Bonchev–Trinajstić information content (AvgIpc) is 3.53. The van der Waals surface area contributed by atoms with Crippen molar-refractivity contribution in [2.45, 2.75) is 50.2 Å². The fourth-order valence-electron chi connectivity index (χ4n) is 6.52. The first-order valence-electron chi connectivity index (χ1n) is 16.5. The van der Waals surface area contributed by atoms with E-state index in [2.05, 4.69) is 20.6 Å². The number of aromatic amines is 1. The number of carbonyl (C=O) groups is 4. The molecule has 0 bridgehead atoms. The minimum absolute atomic E-state index is 0.157. The number of aromatic nitrogens is 2. The Labute approximate surface area is 283 Å². The van der Waals surface area contributed by atoms with Gasteiger partial charge in [0.25, 0.3) is 0 Å². The van der Waals surface area contributed by atoms with E-state index in [0.29, 0.717) is 12.8 Å². The van der Waals surface area contributed by atoms with Gasteiger partial charge in [-0.25, -0.2) is 0 Å². The molecule has 0 aliphatic carbocycles. The quantitative estimate of drug-likeness (QED) is 0.137. The van der Waals surface area contributed by atoms with E-state index in [4.69, 9.17) is 5.73 Å². The monoisotopic (exact) mass is 660 g/mol.